The molecule has 96 valence electrons. The van der Waals surface area contributed by atoms with Crippen LogP contribution < -0.4 is 0 Å². The van der Waals surface area contributed by atoms with Crippen LogP contribution in [0.2, 0.25) is 0 Å². The van der Waals surface area contributed by atoms with Crippen molar-refractivity contribution in [3.63, 3.8) is 0 Å². The molecule has 0 atom stereocenters. The zero-order chi connectivity index (χ0) is 13.4. The Morgan fingerprint density at radius 3 is 2.89 bits per heavy atom. The van der Waals surface area contributed by atoms with Gasteiger partial charge in [-0.05, 0) is 34.1 Å². The minimum Gasteiger partial charge on any atom is -0.342 e. The second-order valence-corrected chi connectivity index (χ2v) is 5.13. The van der Waals surface area contributed by atoms with Gasteiger partial charge in [0.2, 0.25) is 0 Å². The molecule has 2 heterocycles. The number of hydrogen-bond donors (Lipinski definition) is 0. The molecule has 0 aliphatic rings. The molecular formula is C14H9BrF2N2. The SMILES string of the molecule is Fc1cccc(Cn2ccc3ncc(Br)cc32)c1F. The highest BCUT2D eigenvalue weighted by molar-refractivity contribution is 9.10. The predicted molar refractivity (Wildman–Crippen MR) is 72.9 cm³/mol. The van der Waals surface area contributed by atoms with Gasteiger partial charge in [0.1, 0.15) is 0 Å². The Kier molecular flexibility index (Phi) is 3.06. The number of aromatic nitrogens is 2. The minimum atomic E-state index is -0.826. The van der Waals surface area contributed by atoms with Crippen molar-refractivity contribution < 1.29 is 8.78 Å². The Morgan fingerprint density at radius 1 is 1.21 bits per heavy atom. The summed E-state index contributed by atoms with van der Waals surface area (Å²) in [6.45, 7) is 0.269. The lowest BCUT2D eigenvalue weighted by Gasteiger charge is -2.07. The highest BCUT2D eigenvalue weighted by Gasteiger charge is 2.10. The summed E-state index contributed by atoms with van der Waals surface area (Å²) in [4.78, 5) is 4.25. The average Bonchev–Trinajstić information content (AvgIpc) is 2.78. The van der Waals surface area contributed by atoms with Gasteiger partial charge in [-0.2, -0.15) is 0 Å². The number of rotatable bonds is 2. The first-order chi connectivity index (χ1) is 9.15. The van der Waals surface area contributed by atoms with E-state index in [0.717, 1.165) is 21.6 Å². The van der Waals surface area contributed by atoms with E-state index in [1.807, 2.05) is 22.9 Å². The fourth-order valence-corrected chi connectivity index (χ4v) is 2.35. The molecule has 0 radical (unpaired) electrons. The van der Waals surface area contributed by atoms with E-state index in [2.05, 4.69) is 20.9 Å². The zero-order valence-electron chi connectivity index (χ0n) is 9.78. The molecule has 0 amide bonds. The number of pyridine rings is 1. The first kappa shape index (κ1) is 12.3. The maximum atomic E-state index is 13.7. The molecule has 0 saturated carbocycles. The molecule has 0 spiro atoms. The van der Waals surface area contributed by atoms with Gasteiger partial charge in [0.15, 0.2) is 11.6 Å². The van der Waals surface area contributed by atoms with E-state index in [-0.39, 0.29) is 6.54 Å². The number of benzene rings is 1. The van der Waals surface area contributed by atoms with Gasteiger partial charge in [0.05, 0.1) is 17.6 Å². The van der Waals surface area contributed by atoms with E-state index in [1.165, 1.54) is 6.07 Å². The van der Waals surface area contributed by atoms with Crippen LogP contribution in [0.15, 0.2) is 47.2 Å². The van der Waals surface area contributed by atoms with Crippen LogP contribution in [0.1, 0.15) is 5.56 Å². The topological polar surface area (TPSA) is 17.8 Å². The molecule has 0 unspecified atom stereocenters. The molecule has 1 aromatic carbocycles. The summed E-state index contributed by atoms with van der Waals surface area (Å²) in [6.07, 6.45) is 3.52. The Hall–Kier alpha value is -1.75. The summed E-state index contributed by atoms with van der Waals surface area (Å²) in [6, 6.07) is 7.95. The molecule has 0 bridgehead atoms. The van der Waals surface area contributed by atoms with E-state index in [1.54, 1.807) is 12.3 Å². The van der Waals surface area contributed by atoms with Gasteiger partial charge >= 0.3 is 0 Å². The van der Waals surface area contributed by atoms with Crippen LogP contribution in [0, 0.1) is 11.6 Å². The third-order valence-electron chi connectivity index (χ3n) is 2.96. The molecule has 19 heavy (non-hydrogen) atoms. The van der Waals surface area contributed by atoms with Gasteiger partial charge in [0, 0.05) is 22.4 Å². The molecule has 5 heteroatoms. The summed E-state index contributed by atoms with van der Waals surface area (Å²) in [5, 5.41) is 0. The van der Waals surface area contributed by atoms with Crippen molar-refractivity contribution in [3.05, 3.63) is 64.4 Å². The van der Waals surface area contributed by atoms with E-state index in [9.17, 15) is 8.78 Å². The standard InChI is InChI=1S/C14H9BrF2N2/c15-10-6-13-12(18-7-10)4-5-19(13)8-9-2-1-3-11(16)14(9)17/h1-7H,8H2. The summed E-state index contributed by atoms with van der Waals surface area (Å²) in [5.74, 6) is -1.62. The zero-order valence-corrected chi connectivity index (χ0v) is 11.4. The van der Waals surface area contributed by atoms with E-state index >= 15 is 0 Å². The van der Waals surface area contributed by atoms with Gasteiger partial charge in [0.25, 0.3) is 0 Å². The molecule has 3 rings (SSSR count). The fourth-order valence-electron chi connectivity index (χ4n) is 2.03. The summed E-state index contributed by atoms with van der Waals surface area (Å²) >= 11 is 3.35. The molecule has 2 nitrogen and oxygen atoms in total. The number of nitrogens with zero attached hydrogens (tertiary/aromatic N) is 2. The fraction of sp³-hybridized carbons (Fsp3) is 0.0714. The van der Waals surface area contributed by atoms with Crippen LogP contribution >= 0.6 is 15.9 Å². The first-order valence-corrected chi connectivity index (χ1v) is 6.48. The van der Waals surface area contributed by atoms with Crippen LogP contribution in [-0.2, 0) is 6.54 Å². The Morgan fingerprint density at radius 2 is 2.05 bits per heavy atom. The highest BCUT2D eigenvalue weighted by atomic mass is 79.9. The number of hydrogen-bond acceptors (Lipinski definition) is 1. The second kappa shape index (κ2) is 4.74. The predicted octanol–water partition coefficient (Wildman–Crippen LogP) is 4.13. The summed E-state index contributed by atoms with van der Waals surface area (Å²) in [7, 11) is 0. The molecule has 0 aliphatic heterocycles. The molecule has 0 fully saturated rings. The van der Waals surface area contributed by atoms with Crippen LogP contribution in [0.5, 0.6) is 0 Å². The minimum absolute atomic E-state index is 0.269. The smallest absolute Gasteiger partial charge is 0.163 e. The summed E-state index contributed by atoms with van der Waals surface area (Å²) < 4.78 is 29.5. The molecule has 0 N–H and O–H groups in total. The van der Waals surface area contributed by atoms with Gasteiger partial charge in [-0.25, -0.2) is 8.78 Å². The Labute approximate surface area is 116 Å². The van der Waals surface area contributed by atoms with Gasteiger partial charge in [-0.15, -0.1) is 0 Å². The maximum absolute atomic E-state index is 13.7. The molecule has 3 aromatic rings. The van der Waals surface area contributed by atoms with Gasteiger partial charge in [-0.3, -0.25) is 4.98 Å². The Balaban J connectivity index is 2.06. The van der Waals surface area contributed by atoms with E-state index < -0.39 is 11.6 Å². The van der Waals surface area contributed by atoms with Crippen LogP contribution in [-0.4, -0.2) is 9.55 Å². The molecule has 2 aromatic heterocycles. The van der Waals surface area contributed by atoms with Gasteiger partial charge < -0.3 is 4.57 Å². The van der Waals surface area contributed by atoms with E-state index in [0.29, 0.717) is 5.56 Å². The van der Waals surface area contributed by atoms with Crippen molar-refractivity contribution >= 4 is 27.0 Å². The lowest BCUT2D eigenvalue weighted by atomic mass is 10.2. The maximum Gasteiger partial charge on any atom is 0.163 e. The van der Waals surface area contributed by atoms with Crippen LogP contribution in [0.25, 0.3) is 11.0 Å². The highest BCUT2D eigenvalue weighted by Crippen LogP contribution is 2.20. The Bertz CT molecular complexity index is 752. The summed E-state index contributed by atoms with van der Waals surface area (Å²) in [5.41, 5.74) is 2.01. The first-order valence-electron chi connectivity index (χ1n) is 5.68. The van der Waals surface area contributed by atoms with Crippen molar-refractivity contribution in [2.24, 2.45) is 0 Å². The van der Waals surface area contributed by atoms with E-state index in [4.69, 9.17) is 0 Å². The largest absolute Gasteiger partial charge is 0.342 e. The molecule has 0 aliphatic carbocycles. The third-order valence-corrected chi connectivity index (χ3v) is 3.39. The molecular weight excluding hydrogens is 314 g/mol. The lowest BCUT2D eigenvalue weighted by Crippen LogP contribution is -2.02. The van der Waals surface area contributed by atoms with Crippen LogP contribution in [0.3, 0.4) is 0 Å². The van der Waals surface area contributed by atoms with Crippen molar-refractivity contribution in [1.29, 1.82) is 0 Å². The third kappa shape index (κ3) is 2.26. The van der Waals surface area contributed by atoms with Gasteiger partial charge in [-0.1, -0.05) is 12.1 Å². The number of halogens is 3. The average molecular weight is 323 g/mol. The second-order valence-electron chi connectivity index (χ2n) is 4.21. The quantitative estimate of drug-likeness (QED) is 0.693. The normalized spacial score (nSPS) is 11.1. The van der Waals surface area contributed by atoms with Crippen LogP contribution in [0.4, 0.5) is 8.78 Å². The van der Waals surface area contributed by atoms with Crippen molar-refractivity contribution in [2.45, 2.75) is 6.54 Å². The monoisotopic (exact) mass is 322 g/mol. The lowest BCUT2D eigenvalue weighted by molar-refractivity contribution is 0.496. The number of fused-ring (bicyclic) bond motifs is 1. The molecule has 0 saturated heterocycles. The van der Waals surface area contributed by atoms with Crippen molar-refractivity contribution in [2.75, 3.05) is 0 Å². The van der Waals surface area contributed by atoms with Crippen molar-refractivity contribution in [1.82, 2.24) is 9.55 Å². The van der Waals surface area contributed by atoms with Crippen molar-refractivity contribution in [3.8, 4) is 0 Å².